The second kappa shape index (κ2) is 7.90. The van der Waals surface area contributed by atoms with Gasteiger partial charge in [0.25, 0.3) is 15.9 Å². The number of rotatable bonds is 6. The summed E-state index contributed by atoms with van der Waals surface area (Å²) in [5.74, 6) is 1.26. The van der Waals surface area contributed by atoms with E-state index in [4.69, 9.17) is 4.42 Å². The van der Waals surface area contributed by atoms with Crippen molar-refractivity contribution in [2.45, 2.75) is 25.3 Å². The largest absolute Gasteiger partial charge is 0.464 e. The Morgan fingerprint density at radius 1 is 0.964 bits per heavy atom. The summed E-state index contributed by atoms with van der Waals surface area (Å²) in [7, 11) is -2.05. The molecule has 2 aromatic carbocycles. The molecule has 0 saturated carbocycles. The van der Waals surface area contributed by atoms with Crippen LogP contribution in [-0.2, 0) is 16.6 Å². The number of hydrogen-bond donors (Lipinski definition) is 1. The van der Waals surface area contributed by atoms with Gasteiger partial charge in [0.15, 0.2) is 0 Å². The first-order chi connectivity index (χ1) is 13.2. The maximum absolute atomic E-state index is 12.6. The first kappa shape index (κ1) is 19.7. The SMILES string of the molecule is Cc1ccc(NS(=O)(=O)c2ccc(C(=O)N(C)Cc3ccc(C)o3)cc2)cc1. The van der Waals surface area contributed by atoms with E-state index in [9.17, 15) is 13.2 Å². The fourth-order valence-corrected chi connectivity index (χ4v) is 3.77. The van der Waals surface area contributed by atoms with E-state index in [1.807, 2.05) is 38.1 Å². The van der Waals surface area contributed by atoms with E-state index in [1.165, 1.54) is 29.2 Å². The molecule has 3 aromatic rings. The number of carbonyl (C=O) groups is 1. The monoisotopic (exact) mass is 398 g/mol. The molecular weight excluding hydrogens is 376 g/mol. The number of sulfonamides is 1. The van der Waals surface area contributed by atoms with Gasteiger partial charge in [0.05, 0.1) is 11.4 Å². The van der Waals surface area contributed by atoms with Crippen molar-refractivity contribution in [1.29, 1.82) is 0 Å². The zero-order chi connectivity index (χ0) is 20.3. The number of nitrogens with zero attached hydrogens (tertiary/aromatic N) is 1. The molecule has 0 atom stereocenters. The van der Waals surface area contributed by atoms with E-state index in [2.05, 4.69) is 4.72 Å². The van der Waals surface area contributed by atoms with Gasteiger partial charge < -0.3 is 9.32 Å². The summed E-state index contributed by atoms with van der Waals surface area (Å²) in [5, 5.41) is 0. The standard InChI is InChI=1S/C21H22N2O4S/c1-15-4-9-18(10-5-15)22-28(25,26)20-12-7-17(8-13-20)21(24)23(3)14-19-11-6-16(2)27-19/h4-13,22H,14H2,1-3H3. The van der Waals surface area contributed by atoms with Crippen molar-refractivity contribution in [3.63, 3.8) is 0 Å². The van der Waals surface area contributed by atoms with E-state index >= 15 is 0 Å². The van der Waals surface area contributed by atoms with Crippen molar-refractivity contribution in [2.24, 2.45) is 0 Å². The van der Waals surface area contributed by atoms with Crippen LogP contribution in [0.15, 0.2) is 70.0 Å². The smallest absolute Gasteiger partial charge is 0.261 e. The third-order valence-corrected chi connectivity index (χ3v) is 5.65. The third-order valence-electron chi connectivity index (χ3n) is 4.25. The van der Waals surface area contributed by atoms with Crippen LogP contribution < -0.4 is 4.72 Å². The summed E-state index contributed by atoms with van der Waals surface area (Å²) >= 11 is 0. The third kappa shape index (κ3) is 4.61. The highest BCUT2D eigenvalue weighted by atomic mass is 32.2. The van der Waals surface area contributed by atoms with E-state index in [1.54, 1.807) is 19.2 Å². The van der Waals surface area contributed by atoms with E-state index in [-0.39, 0.29) is 10.8 Å². The number of anilines is 1. The van der Waals surface area contributed by atoms with E-state index in [0.29, 0.717) is 23.6 Å². The number of carbonyl (C=O) groups excluding carboxylic acids is 1. The molecule has 1 heterocycles. The van der Waals surface area contributed by atoms with Gasteiger partial charge in [-0.1, -0.05) is 17.7 Å². The number of benzene rings is 2. The topological polar surface area (TPSA) is 79.6 Å². The average molecular weight is 398 g/mol. The molecule has 1 amide bonds. The highest BCUT2D eigenvalue weighted by Gasteiger charge is 2.17. The van der Waals surface area contributed by atoms with E-state index in [0.717, 1.165) is 11.3 Å². The van der Waals surface area contributed by atoms with Crippen molar-refractivity contribution in [2.75, 3.05) is 11.8 Å². The molecule has 0 aliphatic heterocycles. The quantitative estimate of drug-likeness (QED) is 0.681. The van der Waals surface area contributed by atoms with Crippen LogP contribution in [0, 0.1) is 13.8 Å². The molecule has 3 rings (SSSR count). The van der Waals surface area contributed by atoms with Gasteiger partial charge in [-0.2, -0.15) is 0 Å². The number of aryl methyl sites for hydroxylation is 2. The molecule has 0 radical (unpaired) electrons. The van der Waals surface area contributed by atoms with Gasteiger partial charge in [-0.15, -0.1) is 0 Å². The minimum atomic E-state index is -3.72. The summed E-state index contributed by atoms with van der Waals surface area (Å²) in [6, 6.07) is 16.6. The van der Waals surface area contributed by atoms with Crippen molar-refractivity contribution in [3.8, 4) is 0 Å². The molecule has 28 heavy (non-hydrogen) atoms. The summed E-state index contributed by atoms with van der Waals surface area (Å²) in [6.07, 6.45) is 0. The van der Waals surface area contributed by atoms with Crippen LogP contribution >= 0.6 is 0 Å². The van der Waals surface area contributed by atoms with Crippen LogP contribution in [0.3, 0.4) is 0 Å². The summed E-state index contributed by atoms with van der Waals surface area (Å²) in [5.41, 5.74) is 1.93. The maximum atomic E-state index is 12.6. The van der Waals surface area contributed by atoms with Crippen LogP contribution in [0.5, 0.6) is 0 Å². The Kier molecular flexibility index (Phi) is 5.56. The van der Waals surface area contributed by atoms with Crippen LogP contribution in [0.25, 0.3) is 0 Å². The van der Waals surface area contributed by atoms with Gasteiger partial charge in [-0.05, 0) is 62.4 Å². The van der Waals surface area contributed by atoms with Crippen LogP contribution in [-0.4, -0.2) is 26.3 Å². The number of nitrogens with one attached hydrogen (secondary N) is 1. The molecule has 0 aliphatic carbocycles. The molecule has 0 bridgehead atoms. The van der Waals surface area contributed by atoms with Gasteiger partial charge >= 0.3 is 0 Å². The molecular formula is C21H22N2O4S. The Hall–Kier alpha value is -3.06. The van der Waals surface area contributed by atoms with Crippen LogP contribution in [0.1, 0.15) is 27.4 Å². The first-order valence-corrected chi connectivity index (χ1v) is 10.2. The van der Waals surface area contributed by atoms with E-state index < -0.39 is 10.0 Å². The summed E-state index contributed by atoms with van der Waals surface area (Å²) in [6.45, 7) is 4.11. The average Bonchev–Trinajstić information content (AvgIpc) is 3.07. The number of furan rings is 1. The van der Waals surface area contributed by atoms with Gasteiger partial charge in [-0.25, -0.2) is 8.42 Å². The molecule has 146 valence electrons. The van der Waals surface area contributed by atoms with Gasteiger partial charge in [0, 0.05) is 18.3 Å². The summed E-state index contributed by atoms with van der Waals surface area (Å²) in [4.78, 5) is 14.2. The zero-order valence-electron chi connectivity index (χ0n) is 16.0. The minimum Gasteiger partial charge on any atom is -0.464 e. The predicted molar refractivity (Wildman–Crippen MR) is 108 cm³/mol. The van der Waals surface area contributed by atoms with Crippen molar-refractivity contribution in [1.82, 2.24) is 4.90 Å². The molecule has 1 aromatic heterocycles. The van der Waals surface area contributed by atoms with Crippen molar-refractivity contribution in [3.05, 3.63) is 83.3 Å². The lowest BCUT2D eigenvalue weighted by Gasteiger charge is -2.16. The molecule has 0 spiro atoms. The number of hydrogen-bond acceptors (Lipinski definition) is 4. The molecule has 0 fully saturated rings. The normalized spacial score (nSPS) is 11.2. The lowest BCUT2D eigenvalue weighted by atomic mass is 10.2. The van der Waals surface area contributed by atoms with Crippen molar-refractivity contribution < 1.29 is 17.6 Å². The van der Waals surface area contributed by atoms with Gasteiger partial charge in [0.1, 0.15) is 11.5 Å². The molecule has 6 nitrogen and oxygen atoms in total. The highest BCUT2D eigenvalue weighted by molar-refractivity contribution is 7.92. The molecule has 0 saturated heterocycles. The Morgan fingerprint density at radius 2 is 1.61 bits per heavy atom. The van der Waals surface area contributed by atoms with Gasteiger partial charge in [0.2, 0.25) is 0 Å². The highest BCUT2D eigenvalue weighted by Crippen LogP contribution is 2.18. The predicted octanol–water partition coefficient (Wildman–Crippen LogP) is 3.97. The fourth-order valence-electron chi connectivity index (χ4n) is 2.71. The zero-order valence-corrected chi connectivity index (χ0v) is 16.8. The second-order valence-corrected chi connectivity index (χ2v) is 8.35. The lowest BCUT2D eigenvalue weighted by Crippen LogP contribution is -2.26. The summed E-state index contributed by atoms with van der Waals surface area (Å²) < 4.78 is 33.1. The van der Waals surface area contributed by atoms with Gasteiger partial charge in [-0.3, -0.25) is 9.52 Å². The Bertz CT molecular complexity index is 1070. The fraction of sp³-hybridized carbons (Fsp3) is 0.190. The molecule has 1 N–H and O–H groups in total. The number of amides is 1. The molecule has 7 heteroatoms. The molecule has 0 unspecified atom stereocenters. The van der Waals surface area contributed by atoms with Crippen LogP contribution in [0.4, 0.5) is 5.69 Å². The maximum Gasteiger partial charge on any atom is 0.261 e. The first-order valence-electron chi connectivity index (χ1n) is 8.75. The Morgan fingerprint density at radius 3 is 2.18 bits per heavy atom. The molecule has 0 aliphatic rings. The Labute approximate surface area is 164 Å². The Balaban J connectivity index is 1.71. The van der Waals surface area contributed by atoms with Crippen LogP contribution in [0.2, 0.25) is 0 Å². The minimum absolute atomic E-state index is 0.0916. The second-order valence-electron chi connectivity index (χ2n) is 6.67. The lowest BCUT2D eigenvalue weighted by molar-refractivity contribution is 0.0775. The van der Waals surface area contributed by atoms with Crippen molar-refractivity contribution >= 4 is 21.6 Å².